The van der Waals surface area contributed by atoms with Crippen LogP contribution >= 0.6 is 0 Å². The smallest absolute Gasteiger partial charge is 0.322 e. The van der Waals surface area contributed by atoms with Crippen LogP contribution in [-0.2, 0) is 4.79 Å². The Morgan fingerprint density at radius 1 is 1.40 bits per heavy atom. The highest BCUT2D eigenvalue weighted by molar-refractivity contribution is 5.73. The molecule has 2 aliphatic rings. The number of nitrogens with two attached hydrogens (primary N) is 1. The van der Waals surface area contributed by atoms with Gasteiger partial charge in [-0.1, -0.05) is 12.8 Å². The molecule has 2 fully saturated rings. The molecule has 15 heavy (non-hydrogen) atoms. The summed E-state index contributed by atoms with van der Waals surface area (Å²) in [5, 5.41) is 9.10. The highest BCUT2D eigenvalue weighted by Crippen LogP contribution is 2.37. The van der Waals surface area contributed by atoms with Crippen LogP contribution in [-0.4, -0.2) is 41.1 Å². The highest BCUT2D eigenvalue weighted by Gasteiger charge is 2.40. The van der Waals surface area contributed by atoms with Crippen LogP contribution in [0.25, 0.3) is 0 Å². The standard InChI is InChI=1S/C11H20N2O2/c12-7-10(11(14)15)13-6-5-8-3-1-2-4-9(8)13/h8-10H,1-7,12H2,(H,14,15)/t8-,9-,10?/m0/s1. The average molecular weight is 212 g/mol. The number of nitrogens with zero attached hydrogens (tertiary/aromatic N) is 1. The summed E-state index contributed by atoms with van der Waals surface area (Å²) in [6, 6.07) is 0.0292. The fourth-order valence-corrected chi connectivity index (χ4v) is 3.21. The molecule has 86 valence electrons. The van der Waals surface area contributed by atoms with Crippen molar-refractivity contribution in [1.29, 1.82) is 0 Å². The molecule has 4 heteroatoms. The molecule has 1 heterocycles. The van der Waals surface area contributed by atoms with Gasteiger partial charge in [0.1, 0.15) is 6.04 Å². The minimum Gasteiger partial charge on any atom is -0.480 e. The summed E-state index contributed by atoms with van der Waals surface area (Å²) < 4.78 is 0. The first-order chi connectivity index (χ1) is 7.24. The van der Waals surface area contributed by atoms with Gasteiger partial charge in [-0.25, -0.2) is 0 Å². The number of rotatable bonds is 3. The molecular weight excluding hydrogens is 192 g/mol. The third-order valence-electron chi connectivity index (χ3n) is 3.96. The molecule has 1 saturated heterocycles. The van der Waals surface area contributed by atoms with Crippen LogP contribution in [0, 0.1) is 5.92 Å². The molecule has 1 unspecified atom stereocenters. The summed E-state index contributed by atoms with van der Waals surface area (Å²) >= 11 is 0. The van der Waals surface area contributed by atoms with Crippen molar-refractivity contribution in [3.8, 4) is 0 Å². The second-order valence-electron chi connectivity index (χ2n) is 4.73. The Bertz CT molecular complexity index is 245. The molecule has 3 N–H and O–H groups in total. The van der Waals surface area contributed by atoms with E-state index >= 15 is 0 Å². The summed E-state index contributed by atoms with van der Waals surface area (Å²) in [6.45, 7) is 1.15. The zero-order valence-corrected chi connectivity index (χ0v) is 9.06. The van der Waals surface area contributed by atoms with Gasteiger partial charge in [-0.2, -0.15) is 0 Å². The van der Waals surface area contributed by atoms with E-state index in [-0.39, 0.29) is 6.54 Å². The first kappa shape index (κ1) is 10.9. The van der Waals surface area contributed by atoms with E-state index < -0.39 is 12.0 Å². The predicted molar refractivity (Wildman–Crippen MR) is 57.5 cm³/mol. The Labute approximate surface area is 90.4 Å². The van der Waals surface area contributed by atoms with Gasteiger partial charge in [0, 0.05) is 12.6 Å². The van der Waals surface area contributed by atoms with Gasteiger partial charge in [-0.15, -0.1) is 0 Å². The van der Waals surface area contributed by atoms with Crippen LogP contribution in [0.3, 0.4) is 0 Å². The van der Waals surface area contributed by atoms with Gasteiger partial charge in [-0.3, -0.25) is 9.69 Å². The fourth-order valence-electron chi connectivity index (χ4n) is 3.21. The van der Waals surface area contributed by atoms with E-state index in [9.17, 15) is 4.79 Å². The first-order valence-corrected chi connectivity index (χ1v) is 5.92. The van der Waals surface area contributed by atoms with Crippen molar-refractivity contribution in [2.75, 3.05) is 13.1 Å². The van der Waals surface area contributed by atoms with Crippen molar-refractivity contribution < 1.29 is 9.90 Å². The molecule has 2 rings (SSSR count). The number of carboxylic acid groups (broad SMARTS) is 1. The van der Waals surface area contributed by atoms with Crippen molar-refractivity contribution in [1.82, 2.24) is 4.90 Å². The maximum Gasteiger partial charge on any atom is 0.322 e. The SMILES string of the molecule is NCC(C(=O)O)N1CC[C@@H]2CCCC[C@@H]21. The van der Waals surface area contributed by atoms with Crippen LogP contribution in [0.5, 0.6) is 0 Å². The van der Waals surface area contributed by atoms with Crippen molar-refractivity contribution in [3.05, 3.63) is 0 Å². The maximum atomic E-state index is 11.1. The Morgan fingerprint density at radius 3 is 2.80 bits per heavy atom. The molecule has 0 spiro atoms. The van der Waals surface area contributed by atoms with E-state index in [1.807, 2.05) is 0 Å². The van der Waals surface area contributed by atoms with E-state index in [4.69, 9.17) is 10.8 Å². The van der Waals surface area contributed by atoms with E-state index in [0.29, 0.717) is 6.04 Å². The van der Waals surface area contributed by atoms with E-state index in [1.165, 1.54) is 19.3 Å². The van der Waals surface area contributed by atoms with Gasteiger partial charge in [0.2, 0.25) is 0 Å². The first-order valence-electron chi connectivity index (χ1n) is 5.92. The number of hydrogen-bond donors (Lipinski definition) is 2. The molecular formula is C11H20N2O2. The van der Waals surface area contributed by atoms with Crippen LogP contribution in [0.2, 0.25) is 0 Å². The third kappa shape index (κ3) is 2.01. The molecule has 0 radical (unpaired) electrons. The van der Waals surface area contributed by atoms with Crippen molar-refractivity contribution >= 4 is 5.97 Å². The van der Waals surface area contributed by atoms with Crippen LogP contribution in [0.4, 0.5) is 0 Å². The number of carboxylic acids is 1. The number of hydrogen-bond acceptors (Lipinski definition) is 3. The summed E-state index contributed by atoms with van der Waals surface area (Å²) in [5.41, 5.74) is 5.55. The third-order valence-corrected chi connectivity index (χ3v) is 3.96. The lowest BCUT2D eigenvalue weighted by atomic mass is 9.85. The van der Waals surface area contributed by atoms with Crippen LogP contribution in [0.1, 0.15) is 32.1 Å². The topological polar surface area (TPSA) is 66.6 Å². The molecule has 4 nitrogen and oxygen atoms in total. The zero-order valence-electron chi connectivity index (χ0n) is 9.06. The van der Waals surface area contributed by atoms with E-state index in [1.54, 1.807) is 0 Å². The van der Waals surface area contributed by atoms with Crippen LogP contribution < -0.4 is 5.73 Å². The quantitative estimate of drug-likeness (QED) is 0.721. The Kier molecular flexibility index (Phi) is 3.26. The van der Waals surface area contributed by atoms with Crippen LogP contribution in [0.15, 0.2) is 0 Å². The summed E-state index contributed by atoms with van der Waals surface area (Å²) in [7, 11) is 0. The lowest BCUT2D eigenvalue weighted by Crippen LogP contribution is -2.49. The largest absolute Gasteiger partial charge is 0.480 e. The van der Waals surface area contributed by atoms with Gasteiger partial charge in [-0.05, 0) is 31.7 Å². The van der Waals surface area contributed by atoms with Gasteiger partial charge >= 0.3 is 5.97 Å². The normalized spacial score (nSPS) is 33.7. The molecule has 3 atom stereocenters. The summed E-state index contributed by atoms with van der Waals surface area (Å²) in [4.78, 5) is 13.2. The Morgan fingerprint density at radius 2 is 2.13 bits per heavy atom. The monoisotopic (exact) mass is 212 g/mol. The predicted octanol–water partition coefficient (Wildman–Crippen LogP) is 0.663. The minimum atomic E-state index is -0.760. The molecule has 0 bridgehead atoms. The van der Waals surface area contributed by atoms with Gasteiger partial charge < -0.3 is 10.8 Å². The Balaban J connectivity index is 2.05. The molecule has 1 saturated carbocycles. The maximum absolute atomic E-state index is 11.1. The van der Waals surface area contributed by atoms with Crippen molar-refractivity contribution in [2.24, 2.45) is 11.7 Å². The lowest BCUT2D eigenvalue weighted by molar-refractivity contribution is -0.143. The number of likely N-dealkylation sites (tertiary alicyclic amines) is 1. The highest BCUT2D eigenvalue weighted by atomic mass is 16.4. The van der Waals surface area contributed by atoms with E-state index in [0.717, 1.165) is 25.3 Å². The zero-order chi connectivity index (χ0) is 10.8. The second-order valence-corrected chi connectivity index (χ2v) is 4.73. The summed E-state index contributed by atoms with van der Waals surface area (Å²) in [6.07, 6.45) is 6.16. The number of fused-ring (bicyclic) bond motifs is 1. The molecule has 1 aliphatic heterocycles. The number of aliphatic carboxylic acids is 1. The lowest BCUT2D eigenvalue weighted by Gasteiger charge is -2.34. The fraction of sp³-hybridized carbons (Fsp3) is 0.909. The molecule has 1 aliphatic carbocycles. The van der Waals surface area contributed by atoms with Crippen molar-refractivity contribution in [2.45, 2.75) is 44.2 Å². The molecule has 0 aromatic rings. The summed E-state index contributed by atoms with van der Waals surface area (Å²) in [5.74, 6) is -0.0316. The second kappa shape index (κ2) is 4.49. The molecule has 0 aromatic heterocycles. The Hall–Kier alpha value is -0.610. The average Bonchev–Trinajstić information content (AvgIpc) is 2.63. The van der Waals surface area contributed by atoms with Gasteiger partial charge in [0.15, 0.2) is 0 Å². The minimum absolute atomic E-state index is 0.235. The van der Waals surface area contributed by atoms with Gasteiger partial charge in [0.25, 0.3) is 0 Å². The van der Waals surface area contributed by atoms with E-state index in [2.05, 4.69) is 4.90 Å². The number of carbonyl (C=O) groups is 1. The van der Waals surface area contributed by atoms with Gasteiger partial charge in [0.05, 0.1) is 0 Å². The molecule has 0 amide bonds. The van der Waals surface area contributed by atoms with Crippen molar-refractivity contribution in [3.63, 3.8) is 0 Å². The molecule has 0 aromatic carbocycles.